The van der Waals surface area contributed by atoms with E-state index in [-0.39, 0.29) is 5.92 Å². The summed E-state index contributed by atoms with van der Waals surface area (Å²) in [6, 6.07) is 0. The van der Waals surface area contributed by atoms with Crippen LogP contribution in [0.3, 0.4) is 0 Å². The number of nitrogens with zero attached hydrogens (tertiary/aromatic N) is 4. The predicted octanol–water partition coefficient (Wildman–Crippen LogP) is 2.65. The zero-order chi connectivity index (χ0) is 11.7. The molecule has 0 aliphatic carbocycles. The highest BCUT2D eigenvalue weighted by molar-refractivity contribution is 6.30. The van der Waals surface area contributed by atoms with Crippen LogP contribution in [0.4, 0.5) is 0 Å². The van der Waals surface area contributed by atoms with Gasteiger partial charge in [-0.15, -0.1) is 0 Å². The van der Waals surface area contributed by atoms with Gasteiger partial charge in [-0.25, -0.2) is 15.0 Å². The number of aryl methyl sites for hydroxylation is 1. The van der Waals surface area contributed by atoms with Gasteiger partial charge in [-0.05, 0) is 5.92 Å². The highest BCUT2D eigenvalue weighted by Gasteiger charge is 2.17. The zero-order valence-corrected chi connectivity index (χ0v) is 10.2. The topological polar surface area (TPSA) is 43.6 Å². The van der Waals surface area contributed by atoms with Gasteiger partial charge in [-0.2, -0.15) is 0 Å². The van der Waals surface area contributed by atoms with Gasteiger partial charge in [-0.1, -0.05) is 25.4 Å². The lowest BCUT2D eigenvalue weighted by atomic mass is 10.0. The normalized spacial score (nSPS) is 11.1. The molecule has 0 radical (unpaired) electrons. The van der Waals surface area contributed by atoms with Crippen molar-refractivity contribution in [1.29, 1.82) is 0 Å². The first-order valence-electron chi connectivity index (χ1n) is 5.09. The first kappa shape index (κ1) is 11.1. The Labute approximate surface area is 99.3 Å². The second-order valence-electron chi connectivity index (χ2n) is 3.94. The number of rotatable bonds is 2. The Morgan fingerprint density at radius 1 is 1.25 bits per heavy atom. The number of hydrogen-bond donors (Lipinski definition) is 0. The summed E-state index contributed by atoms with van der Waals surface area (Å²) in [7, 11) is 1.93. The van der Waals surface area contributed by atoms with Crippen LogP contribution in [0, 0.1) is 0 Å². The fourth-order valence-corrected chi connectivity index (χ4v) is 2.01. The van der Waals surface area contributed by atoms with E-state index in [0.717, 1.165) is 17.1 Å². The van der Waals surface area contributed by atoms with E-state index >= 15 is 0 Å². The van der Waals surface area contributed by atoms with Crippen LogP contribution < -0.4 is 0 Å². The summed E-state index contributed by atoms with van der Waals surface area (Å²) in [5.41, 5.74) is 1.75. The number of imidazole rings is 1. The molecule has 2 aromatic rings. The maximum Gasteiger partial charge on any atom is 0.158 e. The second-order valence-corrected chi connectivity index (χ2v) is 4.30. The lowest BCUT2D eigenvalue weighted by molar-refractivity contribution is 0.835. The van der Waals surface area contributed by atoms with E-state index in [0.29, 0.717) is 5.15 Å². The smallest absolute Gasteiger partial charge is 0.158 e. The van der Waals surface area contributed by atoms with Crippen molar-refractivity contribution in [3.8, 4) is 11.5 Å². The molecule has 2 aromatic heterocycles. The first-order chi connectivity index (χ1) is 7.61. The minimum Gasteiger partial charge on any atom is -0.333 e. The third kappa shape index (κ3) is 1.80. The van der Waals surface area contributed by atoms with Crippen LogP contribution in [0.25, 0.3) is 11.5 Å². The van der Waals surface area contributed by atoms with Crippen molar-refractivity contribution in [2.45, 2.75) is 19.8 Å². The molecule has 0 aromatic carbocycles. The molecular weight excluding hydrogens is 224 g/mol. The van der Waals surface area contributed by atoms with E-state index < -0.39 is 0 Å². The molecule has 84 valence electrons. The van der Waals surface area contributed by atoms with Gasteiger partial charge < -0.3 is 4.57 Å². The standard InChI is InChI=1S/C11H13ClN4/c1-7(2)8-9(14-6-15-10(8)12)11-13-4-5-16(11)3/h4-7H,1-3H3. The van der Waals surface area contributed by atoms with E-state index in [1.54, 1.807) is 6.20 Å². The Morgan fingerprint density at radius 2 is 2.00 bits per heavy atom. The first-order valence-corrected chi connectivity index (χ1v) is 5.47. The molecule has 0 aliphatic rings. The minimum atomic E-state index is 0.264. The average Bonchev–Trinajstić information content (AvgIpc) is 2.63. The van der Waals surface area contributed by atoms with Crippen LogP contribution in [-0.2, 0) is 7.05 Å². The Balaban J connectivity index is 2.66. The van der Waals surface area contributed by atoms with Gasteiger partial charge in [-0.3, -0.25) is 0 Å². The Bertz CT molecular complexity index is 504. The molecule has 16 heavy (non-hydrogen) atoms. The maximum atomic E-state index is 6.11. The molecule has 0 bridgehead atoms. The third-order valence-corrected chi connectivity index (χ3v) is 2.75. The van der Waals surface area contributed by atoms with Gasteiger partial charge in [0.05, 0.1) is 0 Å². The average molecular weight is 237 g/mol. The molecule has 4 nitrogen and oxygen atoms in total. The molecule has 0 amide bonds. The third-order valence-electron chi connectivity index (χ3n) is 2.45. The molecule has 0 fully saturated rings. The molecule has 5 heteroatoms. The predicted molar refractivity (Wildman–Crippen MR) is 63.3 cm³/mol. The van der Waals surface area contributed by atoms with Crippen LogP contribution >= 0.6 is 11.6 Å². The molecule has 0 saturated carbocycles. The summed E-state index contributed by atoms with van der Waals surface area (Å²) in [4.78, 5) is 12.6. The molecule has 2 heterocycles. The monoisotopic (exact) mass is 236 g/mol. The van der Waals surface area contributed by atoms with Gasteiger partial charge in [0.25, 0.3) is 0 Å². The van der Waals surface area contributed by atoms with E-state index in [2.05, 4.69) is 28.8 Å². The molecule has 0 saturated heterocycles. The van der Waals surface area contributed by atoms with Crippen molar-refractivity contribution in [2.24, 2.45) is 7.05 Å². The molecule has 0 N–H and O–H groups in total. The molecule has 2 rings (SSSR count). The van der Waals surface area contributed by atoms with E-state index in [4.69, 9.17) is 11.6 Å². The fourth-order valence-electron chi connectivity index (χ4n) is 1.66. The number of aromatic nitrogens is 4. The molecule has 0 unspecified atom stereocenters. The van der Waals surface area contributed by atoms with Crippen molar-refractivity contribution >= 4 is 11.6 Å². The van der Waals surface area contributed by atoms with Gasteiger partial charge in [0.15, 0.2) is 5.82 Å². The van der Waals surface area contributed by atoms with Crippen molar-refractivity contribution in [1.82, 2.24) is 19.5 Å². The van der Waals surface area contributed by atoms with Gasteiger partial charge in [0.2, 0.25) is 0 Å². The summed E-state index contributed by atoms with van der Waals surface area (Å²) >= 11 is 6.11. The fraction of sp³-hybridized carbons (Fsp3) is 0.364. The van der Waals surface area contributed by atoms with Crippen LogP contribution in [-0.4, -0.2) is 19.5 Å². The van der Waals surface area contributed by atoms with E-state index in [1.807, 2.05) is 17.8 Å². The van der Waals surface area contributed by atoms with Crippen LogP contribution in [0.15, 0.2) is 18.7 Å². The highest BCUT2D eigenvalue weighted by atomic mass is 35.5. The molecule has 0 atom stereocenters. The van der Waals surface area contributed by atoms with Gasteiger partial charge >= 0.3 is 0 Å². The quantitative estimate of drug-likeness (QED) is 0.753. The van der Waals surface area contributed by atoms with Crippen molar-refractivity contribution in [3.63, 3.8) is 0 Å². The SMILES string of the molecule is CC(C)c1c(Cl)ncnc1-c1nccn1C. The Morgan fingerprint density at radius 3 is 2.56 bits per heavy atom. The lowest BCUT2D eigenvalue weighted by Crippen LogP contribution is -2.02. The Hall–Kier alpha value is -1.42. The summed E-state index contributed by atoms with van der Waals surface area (Å²) < 4.78 is 1.92. The van der Waals surface area contributed by atoms with Crippen molar-refractivity contribution in [2.75, 3.05) is 0 Å². The van der Waals surface area contributed by atoms with Crippen molar-refractivity contribution < 1.29 is 0 Å². The number of halogens is 1. The lowest BCUT2D eigenvalue weighted by Gasteiger charge is -2.12. The zero-order valence-electron chi connectivity index (χ0n) is 9.48. The van der Waals surface area contributed by atoms with Crippen LogP contribution in [0.5, 0.6) is 0 Å². The summed E-state index contributed by atoms with van der Waals surface area (Å²) in [6.07, 6.45) is 5.10. The van der Waals surface area contributed by atoms with E-state index in [1.165, 1.54) is 6.33 Å². The number of hydrogen-bond acceptors (Lipinski definition) is 3. The highest BCUT2D eigenvalue weighted by Crippen LogP contribution is 2.30. The van der Waals surface area contributed by atoms with E-state index in [9.17, 15) is 0 Å². The van der Waals surface area contributed by atoms with Crippen LogP contribution in [0.2, 0.25) is 5.15 Å². The largest absolute Gasteiger partial charge is 0.333 e. The van der Waals surface area contributed by atoms with Gasteiger partial charge in [0.1, 0.15) is 17.2 Å². The van der Waals surface area contributed by atoms with Gasteiger partial charge in [0, 0.05) is 25.0 Å². The summed E-state index contributed by atoms with van der Waals surface area (Å²) in [5, 5.41) is 0.503. The second kappa shape index (κ2) is 4.22. The van der Waals surface area contributed by atoms with Crippen LogP contribution in [0.1, 0.15) is 25.3 Å². The minimum absolute atomic E-state index is 0.264. The molecule has 0 spiro atoms. The molecular formula is C11H13ClN4. The van der Waals surface area contributed by atoms with Crippen molar-refractivity contribution in [3.05, 3.63) is 29.4 Å². The summed E-state index contributed by atoms with van der Waals surface area (Å²) in [6.45, 7) is 4.13. The summed E-state index contributed by atoms with van der Waals surface area (Å²) in [5.74, 6) is 1.08. The molecule has 0 aliphatic heterocycles. The maximum absolute atomic E-state index is 6.11. The Kier molecular flexibility index (Phi) is 2.92.